The third kappa shape index (κ3) is 2.28. The number of aliphatic imine (C=N–C) groups is 1. The summed E-state index contributed by atoms with van der Waals surface area (Å²) in [6.45, 7) is 0. The van der Waals surface area contributed by atoms with Gasteiger partial charge in [-0.05, 0) is 29.8 Å². The van der Waals surface area contributed by atoms with E-state index in [1.54, 1.807) is 19.5 Å². The fraction of sp³-hybridized carbons (Fsp3) is 0.167. The van der Waals surface area contributed by atoms with Crippen LogP contribution in [0, 0.1) is 0 Å². The second-order valence-corrected chi connectivity index (χ2v) is 3.37. The van der Waals surface area contributed by atoms with Gasteiger partial charge in [-0.1, -0.05) is 0 Å². The topological polar surface area (TPSA) is 39.4 Å². The van der Waals surface area contributed by atoms with Crippen LogP contribution in [0.25, 0.3) is 0 Å². The fourth-order valence-electron chi connectivity index (χ4n) is 1.30. The molecular weight excluding hydrogens is 202 g/mol. The summed E-state index contributed by atoms with van der Waals surface area (Å²) < 4.78 is 6.94. The van der Waals surface area contributed by atoms with Crippen molar-refractivity contribution in [3.8, 4) is 5.75 Å². The van der Waals surface area contributed by atoms with Gasteiger partial charge in [-0.2, -0.15) is 0 Å². The van der Waals surface area contributed by atoms with Gasteiger partial charge in [0.15, 0.2) is 0 Å². The molecule has 0 fully saturated rings. The van der Waals surface area contributed by atoms with Crippen LogP contribution in [0.4, 0.5) is 5.95 Å². The van der Waals surface area contributed by atoms with Crippen molar-refractivity contribution in [3.05, 3.63) is 42.2 Å². The SMILES string of the molecule is COc1ccc(C=Nc2nccn2C)cc1. The largest absolute Gasteiger partial charge is 0.497 e. The van der Waals surface area contributed by atoms with Crippen molar-refractivity contribution >= 4 is 12.2 Å². The Kier molecular flexibility index (Phi) is 3.00. The molecule has 4 nitrogen and oxygen atoms in total. The van der Waals surface area contributed by atoms with Crippen molar-refractivity contribution in [2.24, 2.45) is 12.0 Å². The number of imidazole rings is 1. The van der Waals surface area contributed by atoms with E-state index in [1.165, 1.54) is 0 Å². The van der Waals surface area contributed by atoms with Gasteiger partial charge in [-0.3, -0.25) is 0 Å². The smallest absolute Gasteiger partial charge is 0.229 e. The van der Waals surface area contributed by atoms with Gasteiger partial charge in [0, 0.05) is 25.7 Å². The molecule has 0 amide bonds. The first-order chi connectivity index (χ1) is 7.79. The first-order valence-corrected chi connectivity index (χ1v) is 4.95. The average molecular weight is 215 g/mol. The minimum Gasteiger partial charge on any atom is -0.497 e. The van der Waals surface area contributed by atoms with Gasteiger partial charge < -0.3 is 9.30 Å². The lowest BCUT2D eigenvalue weighted by Gasteiger charge is -1.98. The van der Waals surface area contributed by atoms with Crippen molar-refractivity contribution in [2.75, 3.05) is 7.11 Å². The van der Waals surface area contributed by atoms with Crippen LogP contribution in [0.15, 0.2) is 41.7 Å². The minimum atomic E-state index is 0.691. The van der Waals surface area contributed by atoms with Gasteiger partial charge in [0.25, 0.3) is 0 Å². The van der Waals surface area contributed by atoms with Crippen LogP contribution in [0.3, 0.4) is 0 Å². The number of rotatable bonds is 3. The molecule has 0 radical (unpaired) electrons. The summed E-state index contributed by atoms with van der Waals surface area (Å²) in [5, 5.41) is 0. The fourth-order valence-corrected chi connectivity index (χ4v) is 1.30. The van der Waals surface area contributed by atoms with Crippen molar-refractivity contribution in [1.82, 2.24) is 9.55 Å². The zero-order valence-corrected chi connectivity index (χ0v) is 9.29. The number of nitrogens with zero attached hydrogens (tertiary/aromatic N) is 3. The minimum absolute atomic E-state index is 0.691. The van der Waals surface area contributed by atoms with Crippen LogP contribution in [0.5, 0.6) is 5.75 Å². The monoisotopic (exact) mass is 215 g/mol. The molecule has 0 N–H and O–H groups in total. The quantitative estimate of drug-likeness (QED) is 0.736. The highest BCUT2D eigenvalue weighted by atomic mass is 16.5. The number of benzene rings is 1. The van der Waals surface area contributed by atoms with Crippen molar-refractivity contribution in [1.29, 1.82) is 0 Å². The molecule has 82 valence electrons. The predicted molar refractivity (Wildman–Crippen MR) is 63.5 cm³/mol. The van der Waals surface area contributed by atoms with Crippen molar-refractivity contribution in [2.45, 2.75) is 0 Å². The van der Waals surface area contributed by atoms with E-state index in [4.69, 9.17) is 4.74 Å². The summed E-state index contributed by atoms with van der Waals surface area (Å²) in [7, 11) is 3.56. The van der Waals surface area contributed by atoms with E-state index in [9.17, 15) is 0 Å². The molecular formula is C12H13N3O. The molecule has 1 heterocycles. The molecule has 0 saturated heterocycles. The van der Waals surface area contributed by atoms with Crippen molar-refractivity contribution < 1.29 is 4.74 Å². The second kappa shape index (κ2) is 4.61. The van der Waals surface area contributed by atoms with E-state index in [0.717, 1.165) is 11.3 Å². The lowest BCUT2D eigenvalue weighted by atomic mass is 10.2. The molecule has 0 saturated carbocycles. The lowest BCUT2D eigenvalue weighted by molar-refractivity contribution is 0.415. The lowest BCUT2D eigenvalue weighted by Crippen LogP contribution is -1.87. The molecule has 0 aliphatic heterocycles. The third-order valence-electron chi connectivity index (χ3n) is 2.24. The van der Waals surface area contributed by atoms with Crippen molar-refractivity contribution in [3.63, 3.8) is 0 Å². The van der Waals surface area contributed by atoms with E-state index in [0.29, 0.717) is 5.95 Å². The van der Waals surface area contributed by atoms with E-state index < -0.39 is 0 Å². The molecule has 16 heavy (non-hydrogen) atoms. The summed E-state index contributed by atoms with van der Waals surface area (Å²) in [5.41, 5.74) is 1.02. The predicted octanol–water partition coefficient (Wildman–Crippen LogP) is 2.18. The van der Waals surface area contributed by atoms with E-state index >= 15 is 0 Å². The molecule has 0 aliphatic carbocycles. The number of hydrogen-bond acceptors (Lipinski definition) is 3. The first kappa shape index (κ1) is 10.4. The van der Waals surface area contributed by atoms with Crippen LogP contribution >= 0.6 is 0 Å². The Hall–Kier alpha value is -2.10. The maximum atomic E-state index is 5.08. The number of hydrogen-bond donors (Lipinski definition) is 0. The molecule has 0 bridgehead atoms. The number of aryl methyl sites for hydroxylation is 1. The Morgan fingerprint density at radius 2 is 2.06 bits per heavy atom. The first-order valence-electron chi connectivity index (χ1n) is 4.95. The standard InChI is InChI=1S/C12H13N3O/c1-15-8-7-13-12(15)14-9-10-3-5-11(16-2)6-4-10/h3-9H,1-2H3. The van der Waals surface area contributed by atoms with Gasteiger partial charge in [-0.15, -0.1) is 0 Å². The van der Waals surface area contributed by atoms with Crippen LogP contribution in [-0.2, 0) is 7.05 Å². The summed E-state index contributed by atoms with van der Waals surface area (Å²) in [4.78, 5) is 8.38. The molecule has 1 aromatic carbocycles. The Morgan fingerprint density at radius 1 is 1.31 bits per heavy atom. The summed E-state index contributed by atoms with van der Waals surface area (Å²) in [6, 6.07) is 7.70. The van der Waals surface area contributed by atoms with E-state index in [-0.39, 0.29) is 0 Å². The van der Waals surface area contributed by atoms with Crippen LogP contribution in [-0.4, -0.2) is 22.9 Å². The average Bonchev–Trinajstić information content (AvgIpc) is 2.73. The number of methoxy groups -OCH3 is 1. The molecule has 0 spiro atoms. The highest BCUT2D eigenvalue weighted by Gasteiger charge is 1.94. The summed E-state index contributed by atoms with van der Waals surface area (Å²) in [5.74, 6) is 1.53. The molecule has 1 aromatic heterocycles. The Labute approximate surface area is 94.2 Å². The van der Waals surface area contributed by atoms with Crippen LogP contribution in [0.2, 0.25) is 0 Å². The zero-order valence-electron chi connectivity index (χ0n) is 9.29. The summed E-state index contributed by atoms with van der Waals surface area (Å²) in [6.07, 6.45) is 5.36. The Balaban J connectivity index is 2.14. The Morgan fingerprint density at radius 3 is 2.62 bits per heavy atom. The van der Waals surface area contributed by atoms with Gasteiger partial charge >= 0.3 is 0 Å². The Bertz CT molecular complexity index is 485. The van der Waals surface area contributed by atoms with E-state index in [2.05, 4.69) is 9.98 Å². The molecule has 4 heteroatoms. The highest BCUT2D eigenvalue weighted by molar-refractivity contribution is 5.81. The molecule has 2 aromatic rings. The number of aromatic nitrogens is 2. The third-order valence-corrected chi connectivity index (χ3v) is 2.24. The van der Waals surface area contributed by atoms with Crippen LogP contribution < -0.4 is 4.74 Å². The van der Waals surface area contributed by atoms with E-state index in [1.807, 2.05) is 42.1 Å². The molecule has 2 rings (SSSR count). The van der Waals surface area contributed by atoms with Gasteiger partial charge in [-0.25, -0.2) is 9.98 Å². The van der Waals surface area contributed by atoms with Gasteiger partial charge in [0.1, 0.15) is 5.75 Å². The normalized spacial score (nSPS) is 10.9. The van der Waals surface area contributed by atoms with Gasteiger partial charge in [0.2, 0.25) is 5.95 Å². The van der Waals surface area contributed by atoms with Crippen LogP contribution in [0.1, 0.15) is 5.56 Å². The highest BCUT2D eigenvalue weighted by Crippen LogP contribution is 2.11. The van der Waals surface area contributed by atoms with Gasteiger partial charge in [0.05, 0.1) is 7.11 Å². The molecule has 0 unspecified atom stereocenters. The number of ether oxygens (including phenoxy) is 1. The summed E-state index contributed by atoms with van der Waals surface area (Å²) >= 11 is 0. The second-order valence-electron chi connectivity index (χ2n) is 3.37. The molecule has 0 aliphatic rings. The maximum Gasteiger partial charge on any atom is 0.229 e. The molecule has 0 atom stereocenters. The maximum absolute atomic E-state index is 5.08. The zero-order chi connectivity index (χ0) is 11.4.